The van der Waals surface area contributed by atoms with Crippen LogP contribution in [0.25, 0.3) is 0 Å². The molecule has 0 saturated carbocycles. The maximum atomic E-state index is 12.1. The summed E-state index contributed by atoms with van der Waals surface area (Å²) in [7, 11) is 0. The van der Waals surface area contributed by atoms with Crippen molar-refractivity contribution in [1.29, 1.82) is 0 Å². The number of ketones is 1. The first kappa shape index (κ1) is 22.5. The van der Waals surface area contributed by atoms with Crippen LogP contribution in [0, 0.1) is 0 Å². The molecular formula is C23H27NO5. The number of carbonyl (C=O) groups excluding carboxylic acids is 2. The Morgan fingerprint density at radius 1 is 0.828 bits per heavy atom. The van der Waals surface area contributed by atoms with E-state index in [1.54, 1.807) is 26.0 Å². The van der Waals surface area contributed by atoms with Gasteiger partial charge in [0.05, 0.1) is 0 Å². The van der Waals surface area contributed by atoms with E-state index in [1.165, 1.54) is 20.8 Å². The number of nitrogens with zero attached hydrogens (tertiary/aromatic N) is 1. The SMILES string of the molecule is CC(=O)ON=C(c1ccc(Cc2ccc(C(=O)C(C)(C)O)cc2)cc1)C(C)(C)O. The van der Waals surface area contributed by atoms with Gasteiger partial charge in [-0.25, -0.2) is 4.79 Å². The summed E-state index contributed by atoms with van der Waals surface area (Å²) in [5.74, 6) is -0.880. The Balaban J connectivity index is 2.17. The molecule has 0 aliphatic carbocycles. The molecule has 6 nitrogen and oxygen atoms in total. The van der Waals surface area contributed by atoms with E-state index >= 15 is 0 Å². The smallest absolute Gasteiger partial charge is 0.331 e. The zero-order valence-corrected chi connectivity index (χ0v) is 17.4. The van der Waals surface area contributed by atoms with Crippen molar-refractivity contribution >= 4 is 17.5 Å². The van der Waals surface area contributed by atoms with E-state index in [1.807, 2.05) is 36.4 Å². The summed E-state index contributed by atoms with van der Waals surface area (Å²) in [5.41, 5.74) is 0.734. The summed E-state index contributed by atoms with van der Waals surface area (Å²) < 4.78 is 0. The second-order valence-electron chi connectivity index (χ2n) is 8.04. The third kappa shape index (κ3) is 6.34. The Morgan fingerprint density at radius 3 is 1.66 bits per heavy atom. The third-order valence-corrected chi connectivity index (χ3v) is 4.25. The second-order valence-corrected chi connectivity index (χ2v) is 8.04. The largest absolute Gasteiger partial charge is 0.384 e. The predicted molar refractivity (Wildman–Crippen MR) is 111 cm³/mol. The maximum absolute atomic E-state index is 12.1. The molecular weight excluding hydrogens is 370 g/mol. The fourth-order valence-electron chi connectivity index (χ4n) is 2.77. The number of carbonyl (C=O) groups is 2. The van der Waals surface area contributed by atoms with Gasteiger partial charge in [0.15, 0.2) is 5.78 Å². The van der Waals surface area contributed by atoms with Gasteiger partial charge in [-0.1, -0.05) is 53.7 Å². The molecule has 0 radical (unpaired) electrons. The van der Waals surface area contributed by atoms with E-state index in [4.69, 9.17) is 4.84 Å². The van der Waals surface area contributed by atoms with Gasteiger partial charge in [0.25, 0.3) is 0 Å². The van der Waals surface area contributed by atoms with Gasteiger partial charge in [-0.3, -0.25) is 4.79 Å². The molecule has 154 valence electrons. The number of hydrogen-bond donors (Lipinski definition) is 2. The minimum atomic E-state index is -1.40. The van der Waals surface area contributed by atoms with Gasteiger partial charge in [0.2, 0.25) is 0 Å². The molecule has 2 rings (SSSR count). The lowest BCUT2D eigenvalue weighted by molar-refractivity contribution is -0.141. The summed E-state index contributed by atoms with van der Waals surface area (Å²) in [5, 5.41) is 23.9. The highest BCUT2D eigenvalue weighted by Gasteiger charge is 2.25. The van der Waals surface area contributed by atoms with Crippen LogP contribution in [0.5, 0.6) is 0 Å². The molecule has 0 aromatic heterocycles. The fourth-order valence-corrected chi connectivity index (χ4v) is 2.77. The van der Waals surface area contributed by atoms with Crippen molar-refractivity contribution in [2.45, 2.75) is 52.2 Å². The first-order valence-electron chi connectivity index (χ1n) is 9.32. The van der Waals surface area contributed by atoms with Crippen molar-refractivity contribution < 1.29 is 24.6 Å². The van der Waals surface area contributed by atoms with Gasteiger partial charge >= 0.3 is 5.97 Å². The number of Topliss-reactive ketones (excluding diaryl/α,β-unsaturated/α-hetero) is 1. The quantitative estimate of drug-likeness (QED) is 0.324. The van der Waals surface area contributed by atoms with Gasteiger partial charge in [-0.15, -0.1) is 0 Å². The normalized spacial score (nSPS) is 12.6. The number of oxime groups is 1. The third-order valence-electron chi connectivity index (χ3n) is 4.25. The number of benzene rings is 2. The van der Waals surface area contributed by atoms with Crippen LogP contribution < -0.4 is 0 Å². The topological polar surface area (TPSA) is 96.2 Å². The van der Waals surface area contributed by atoms with Crippen molar-refractivity contribution in [1.82, 2.24) is 0 Å². The van der Waals surface area contributed by atoms with Gasteiger partial charge in [0, 0.05) is 18.1 Å². The van der Waals surface area contributed by atoms with E-state index in [2.05, 4.69) is 5.16 Å². The average molecular weight is 397 g/mol. The van der Waals surface area contributed by atoms with Crippen LogP contribution in [0.15, 0.2) is 53.7 Å². The summed E-state index contributed by atoms with van der Waals surface area (Å²) in [4.78, 5) is 27.8. The first-order chi connectivity index (χ1) is 13.4. The van der Waals surface area contributed by atoms with Crippen molar-refractivity contribution in [3.8, 4) is 0 Å². The highest BCUT2D eigenvalue weighted by Crippen LogP contribution is 2.18. The summed E-state index contributed by atoms with van der Waals surface area (Å²) in [6.07, 6.45) is 0.649. The van der Waals surface area contributed by atoms with Crippen LogP contribution in [0.3, 0.4) is 0 Å². The number of hydrogen-bond acceptors (Lipinski definition) is 6. The molecule has 29 heavy (non-hydrogen) atoms. The van der Waals surface area contributed by atoms with Crippen LogP contribution in [0.4, 0.5) is 0 Å². The molecule has 0 unspecified atom stereocenters. The van der Waals surface area contributed by atoms with Crippen molar-refractivity contribution in [2.24, 2.45) is 5.16 Å². The molecule has 0 spiro atoms. The molecule has 0 amide bonds. The molecule has 2 aromatic carbocycles. The van der Waals surface area contributed by atoms with Crippen molar-refractivity contribution in [2.75, 3.05) is 0 Å². The molecule has 0 atom stereocenters. The Kier molecular flexibility index (Phi) is 6.72. The molecule has 2 N–H and O–H groups in total. The number of aliphatic hydroxyl groups is 2. The molecule has 0 aliphatic rings. The lowest BCUT2D eigenvalue weighted by atomic mass is 9.93. The minimum Gasteiger partial charge on any atom is -0.384 e. The van der Waals surface area contributed by atoms with Crippen LogP contribution >= 0.6 is 0 Å². The molecule has 0 bridgehead atoms. The lowest BCUT2D eigenvalue weighted by Gasteiger charge is -2.19. The average Bonchev–Trinajstić information content (AvgIpc) is 2.61. The maximum Gasteiger partial charge on any atom is 0.331 e. The van der Waals surface area contributed by atoms with Crippen LogP contribution in [0.1, 0.15) is 61.7 Å². The Hall–Kier alpha value is -2.83. The van der Waals surface area contributed by atoms with E-state index < -0.39 is 17.2 Å². The second kappa shape index (κ2) is 8.68. The van der Waals surface area contributed by atoms with Crippen LogP contribution in [-0.4, -0.2) is 38.9 Å². The highest BCUT2D eigenvalue weighted by molar-refractivity contribution is 6.06. The van der Waals surface area contributed by atoms with E-state index in [-0.39, 0.29) is 11.5 Å². The Labute approximate surface area is 170 Å². The molecule has 0 fully saturated rings. The van der Waals surface area contributed by atoms with Gasteiger partial charge < -0.3 is 15.1 Å². The lowest BCUT2D eigenvalue weighted by Crippen LogP contribution is -2.32. The minimum absolute atomic E-state index is 0.258. The van der Waals surface area contributed by atoms with Gasteiger partial charge in [-0.2, -0.15) is 0 Å². The molecule has 0 aliphatic heterocycles. The summed E-state index contributed by atoms with van der Waals surface area (Å²) >= 11 is 0. The van der Waals surface area contributed by atoms with E-state index in [0.29, 0.717) is 17.5 Å². The highest BCUT2D eigenvalue weighted by atomic mass is 16.7. The zero-order chi connectivity index (χ0) is 21.8. The fraction of sp³-hybridized carbons (Fsp3) is 0.348. The Morgan fingerprint density at radius 2 is 1.28 bits per heavy atom. The van der Waals surface area contributed by atoms with Crippen LogP contribution in [0.2, 0.25) is 0 Å². The number of rotatable bonds is 7. The van der Waals surface area contributed by atoms with Gasteiger partial charge in [0.1, 0.15) is 16.9 Å². The monoisotopic (exact) mass is 397 g/mol. The van der Waals surface area contributed by atoms with Crippen LogP contribution in [-0.2, 0) is 16.1 Å². The van der Waals surface area contributed by atoms with E-state index in [0.717, 1.165) is 11.1 Å². The first-order valence-corrected chi connectivity index (χ1v) is 9.32. The predicted octanol–water partition coefficient (Wildman–Crippen LogP) is 3.27. The summed E-state index contributed by atoms with van der Waals surface area (Å²) in [6.45, 7) is 7.32. The molecule has 2 aromatic rings. The zero-order valence-electron chi connectivity index (χ0n) is 17.4. The standard InChI is InChI=1S/C23H27NO5/c1-15(25)29-24-20(22(2,3)27)18-10-6-16(7-11-18)14-17-8-12-19(13-9-17)21(26)23(4,5)28/h6-13,27-28H,14H2,1-5H3. The van der Waals surface area contributed by atoms with Crippen molar-refractivity contribution in [3.05, 3.63) is 70.8 Å². The molecule has 6 heteroatoms. The van der Waals surface area contributed by atoms with Gasteiger partial charge in [-0.05, 0) is 45.2 Å². The molecule has 0 heterocycles. The molecule has 0 saturated heterocycles. The van der Waals surface area contributed by atoms with E-state index in [9.17, 15) is 19.8 Å². The van der Waals surface area contributed by atoms with Crippen molar-refractivity contribution in [3.63, 3.8) is 0 Å². The Bertz CT molecular complexity index is 898. The summed E-state index contributed by atoms with van der Waals surface area (Å²) in [6, 6.07) is 14.6.